The smallest absolute Gasteiger partial charge is 0.130 e. The molecule has 1 aliphatic rings. The molecule has 0 bridgehead atoms. The van der Waals surface area contributed by atoms with Crippen LogP contribution in [0.2, 0.25) is 0 Å². The van der Waals surface area contributed by atoms with Crippen LogP contribution in [0.1, 0.15) is 64.0 Å². The standard InChI is InChI=1S/C19H26ClFO/c1-12(2)15-8-16(18(22-5)9-17(15)21)14-6-7-19(3,4)10-13(14)11-20/h8-9,12H,6-7,10-11H2,1-5H3. The molecule has 0 atom stereocenters. The van der Waals surface area contributed by atoms with E-state index >= 15 is 0 Å². The minimum Gasteiger partial charge on any atom is -0.496 e. The number of hydrogen-bond donors (Lipinski definition) is 0. The molecule has 1 aromatic carbocycles. The van der Waals surface area contributed by atoms with Gasteiger partial charge in [-0.3, -0.25) is 0 Å². The van der Waals surface area contributed by atoms with Crippen LogP contribution in [0.5, 0.6) is 5.75 Å². The van der Waals surface area contributed by atoms with Crippen LogP contribution in [0.25, 0.3) is 5.57 Å². The number of alkyl halides is 1. The fourth-order valence-corrected chi connectivity index (χ4v) is 3.54. The van der Waals surface area contributed by atoms with Gasteiger partial charge in [-0.05, 0) is 47.8 Å². The largest absolute Gasteiger partial charge is 0.496 e. The van der Waals surface area contributed by atoms with Crippen LogP contribution >= 0.6 is 11.6 Å². The first-order valence-corrected chi connectivity index (χ1v) is 8.47. The molecule has 0 radical (unpaired) electrons. The molecule has 2 rings (SSSR count). The fraction of sp³-hybridized carbons (Fsp3) is 0.579. The Morgan fingerprint density at radius 1 is 1.32 bits per heavy atom. The molecule has 22 heavy (non-hydrogen) atoms. The lowest BCUT2D eigenvalue weighted by atomic mass is 9.73. The zero-order chi connectivity index (χ0) is 16.5. The maximum atomic E-state index is 14.2. The van der Waals surface area contributed by atoms with Crippen LogP contribution in [0.4, 0.5) is 4.39 Å². The van der Waals surface area contributed by atoms with Crippen LogP contribution < -0.4 is 4.74 Å². The molecule has 1 aromatic rings. The van der Waals surface area contributed by atoms with E-state index in [9.17, 15) is 4.39 Å². The van der Waals surface area contributed by atoms with Crippen molar-refractivity contribution >= 4 is 17.2 Å². The monoisotopic (exact) mass is 324 g/mol. The van der Waals surface area contributed by atoms with Crippen molar-refractivity contribution in [1.82, 2.24) is 0 Å². The van der Waals surface area contributed by atoms with Gasteiger partial charge in [-0.1, -0.05) is 33.3 Å². The number of rotatable bonds is 4. The Morgan fingerprint density at radius 3 is 2.55 bits per heavy atom. The highest BCUT2D eigenvalue weighted by atomic mass is 35.5. The lowest BCUT2D eigenvalue weighted by molar-refractivity contribution is 0.324. The second kappa shape index (κ2) is 6.62. The van der Waals surface area contributed by atoms with Gasteiger partial charge in [0.2, 0.25) is 0 Å². The molecule has 0 saturated heterocycles. The lowest BCUT2D eigenvalue weighted by Crippen LogP contribution is -2.19. The van der Waals surface area contributed by atoms with E-state index in [0.717, 1.165) is 30.4 Å². The van der Waals surface area contributed by atoms with E-state index in [0.29, 0.717) is 11.6 Å². The maximum absolute atomic E-state index is 14.2. The second-order valence-corrected chi connectivity index (χ2v) is 7.55. The van der Waals surface area contributed by atoms with Crippen LogP contribution in [0.15, 0.2) is 17.7 Å². The molecule has 3 heteroatoms. The normalized spacial score (nSPS) is 18.0. The summed E-state index contributed by atoms with van der Waals surface area (Å²) in [5, 5.41) is 0. The molecule has 0 aliphatic heterocycles. The zero-order valence-electron chi connectivity index (χ0n) is 14.2. The molecule has 1 aliphatic carbocycles. The molecular formula is C19H26ClFO. The molecule has 0 amide bonds. The summed E-state index contributed by atoms with van der Waals surface area (Å²) < 4.78 is 19.7. The first-order valence-electron chi connectivity index (χ1n) is 7.93. The van der Waals surface area contributed by atoms with Crippen LogP contribution in [0, 0.1) is 11.2 Å². The van der Waals surface area contributed by atoms with Gasteiger partial charge < -0.3 is 4.74 Å². The summed E-state index contributed by atoms with van der Waals surface area (Å²) >= 11 is 6.21. The maximum Gasteiger partial charge on any atom is 0.130 e. The number of allylic oxidation sites excluding steroid dienone is 2. The van der Waals surface area contributed by atoms with Crippen molar-refractivity contribution in [2.24, 2.45) is 5.41 Å². The van der Waals surface area contributed by atoms with Gasteiger partial charge in [0.25, 0.3) is 0 Å². The Kier molecular flexibility index (Phi) is 5.21. The third-order valence-electron chi connectivity index (χ3n) is 4.60. The van der Waals surface area contributed by atoms with Crippen molar-refractivity contribution in [3.05, 3.63) is 34.6 Å². The summed E-state index contributed by atoms with van der Waals surface area (Å²) in [6, 6.07) is 3.47. The molecule has 0 saturated carbocycles. The first kappa shape index (κ1) is 17.3. The molecule has 1 nitrogen and oxygen atoms in total. The van der Waals surface area contributed by atoms with Crippen molar-refractivity contribution < 1.29 is 9.13 Å². The minimum atomic E-state index is -0.195. The van der Waals surface area contributed by atoms with E-state index in [1.165, 1.54) is 17.2 Å². The summed E-state index contributed by atoms with van der Waals surface area (Å²) in [6.45, 7) is 8.57. The van der Waals surface area contributed by atoms with E-state index in [1.54, 1.807) is 7.11 Å². The van der Waals surface area contributed by atoms with Crippen LogP contribution in [-0.4, -0.2) is 13.0 Å². The lowest BCUT2D eigenvalue weighted by Gasteiger charge is -2.33. The molecular weight excluding hydrogens is 299 g/mol. The Morgan fingerprint density at radius 2 is 2.00 bits per heavy atom. The van der Waals surface area contributed by atoms with Gasteiger partial charge in [0.05, 0.1) is 7.11 Å². The van der Waals surface area contributed by atoms with Crippen molar-refractivity contribution in [1.29, 1.82) is 0 Å². The molecule has 0 aromatic heterocycles. The Balaban J connectivity index is 2.59. The van der Waals surface area contributed by atoms with Gasteiger partial charge in [-0.25, -0.2) is 4.39 Å². The van der Waals surface area contributed by atoms with E-state index < -0.39 is 0 Å². The SMILES string of the molecule is COc1cc(F)c(C(C)C)cc1C1=C(CCl)CC(C)(C)CC1. The van der Waals surface area contributed by atoms with E-state index in [1.807, 2.05) is 19.9 Å². The van der Waals surface area contributed by atoms with Gasteiger partial charge in [0, 0.05) is 17.5 Å². The number of hydrogen-bond acceptors (Lipinski definition) is 1. The summed E-state index contributed by atoms with van der Waals surface area (Å²) in [5.74, 6) is 1.08. The average Bonchev–Trinajstić information content (AvgIpc) is 2.46. The third kappa shape index (κ3) is 3.48. The molecule has 0 unspecified atom stereocenters. The van der Waals surface area contributed by atoms with Gasteiger partial charge in [-0.15, -0.1) is 11.6 Å². The van der Waals surface area contributed by atoms with E-state index in [2.05, 4.69) is 13.8 Å². The fourth-order valence-electron chi connectivity index (χ4n) is 3.28. The number of methoxy groups -OCH3 is 1. The highest BCUT2D eigenvalue weighted by Gasteiger charge is 2.29. The van der Waals surface area contributed by atoms with Gasteiger partial charge in [0.1, 0.15) is 11.6 Å². The first-order chi connectivity index (χ1) is 10.3. The molecule has 122 valence electrons. The minimum absolute atomic E-state index is 0.143. The number of halogens is 2. The van der Waals surface area contributed by atoms with Gasteiger partial charge in [-0.2, -0.15) is 0 Å². The molecule has 0 N–H and O–H groups in total. The predicted molar refractivity (Wildman–Crippen MR) is 92.3 cm³/mol. The van der Waals surface area contributed by atoms with E-state index in [-0.39, 0.29) is 17.2 Å². The van der Waals surface area contributed by atoms with Crippen LogP contribution in [-0.2, 0) is 0 Å². The van der Waals surface area contributed by atoms with Gasteiger partial charge in [0.15, 0.2) is 0 Å². The summed E-state index contributed by atoms with van der Waals surface area (Å²) in [5.41, 5.74) is 4.54. The van der Waals surface area contributed by atoms with Gasteiger partial charge >= 0.3 is 0 Å². The van der Waals surface area contributed by atoms with Crippen molar-refractivity contribution in [3.8, 4) is 5.75 Å². The third-order valence-corrected chi connectivity index (χ3v) is 4.92. The average molecular weight is 325 g/mol. The predicted octanol–water partition coefficient (Wildman–Crippen LogP) is 6.16. The number of ether oxygens (including phenoxy) is 1. The highest BCUT2D eigenvalue weighted by molar-refractivity contribution is 6.20. The molecule has 0 fully saturated rings. The Hall–Kier alpha value is -1.02. The summed E-state index contributed by atoms with van der Waals surface area (Å²) in [7, 11) is 1.60. The molecule has 0 spiro atoms. The summed E-state index contributed by atoms with van der Waals surface area (Å²) in [4.78, 5) is 0. The highest BCUT2D eigenvalue weighted by Crippen LogP contribution is 2.45. The van der Waals surface area contributed by atoms with E-state index in [4.69, 9.17) is 16.3 Å². The topological polar surface area (TPSA) is 9.23 Å². The summed E-state index contributed by atoms with van der Waals surface area (Å²) in [6.07, 6.45) is 3.07. The second-order valence-electron chi connectivity index (χ2n) is 7.29. The van der Waals surface area contributed by atoms with Crippen LogP contribution in [0.3, 0.4) is 0 Å². The van der Waals surface area contributed by atoms with Crippen molar-refractivity contribution in [3.63, 3.8) is 0 Å². The zero-order valence-corrected chi connectivity index (χ0v) is 15.0. The quantitative estimate of drug-likeness (QED) is 0.602. The Labute approximate surface area is 138 Å². The van der Waals surface area contributed by atoms with Crippen molar-refractivity contribution in [2.75, 3.05) is 13.0 Å². The van der Waals surface area contributed by atoms with Crippen molar-refractivity contribution in [2.45, 2.75) is 52.9 Å². The Bertz CT molecular complexity index is 587. The number of benzene rings is 1. The molecule has 0 heterocycles.